The van der Waals surface area contributed by atoms with Crippen molar-refractivity contribution in [2.24, 2.45) is 0 Å². The molecule has 0 radical (unpaired) electrons. The molecule has 0 spiro atoms. The number of aromatic amines is 1. The molecule has 0 amide bonds. The first-order valence-electron chi connectivity index (χ1n) is 10.3. The molecule has 2 heterocycles. The molecule has 3 aromatic rings. The van der Waals surface area contributed by atoms with E-state index in [1.807, 2.05) is 4.90 Å². The largest absolute Gasteiger partial charge is 0.337 e. The minimum atomic E-state index is -3.48. The van der Waals surface area contributed by atoms with Crippen LogP contribution in [0.15, 0.2) is 48.8 Å². The van der Waals surface area contributed by atoms with Crippen molar-refractivity contribution in [2.45, 2.75) is 31.8 Å². The topological polar surface area (TPSA) is 78.1 Å². The van der Waals surface area contributed by atoms with Gasteiger partial charge in [0.25, 0.3) is 0 Å². The molecule has 32 heavy (non-hydrogen) atoms. The van der Waals surface area contributed by atoms with Crippen LogP contribution in [-0.4, -0.2) is 42.8 Å². The predicted octanol–water partition coefficient (Wildman–Crippen LogP) is 3.62. The lowest BCUT2D eigenvalue weighted by Gasteiger charge is -2.28. The maximum Gasteiger partial charge on any atom is 0.211 e. The molecule has 2 atom stereocenters. The van der Waals surface area contributed by atoms with Crippen LogP contribution in [0.3, 0.4) is 0 Å². The number of hydrogen-bond acceptors (Lipinski definition) is 4. The summed E-state index contributed by atoms with van der Waals surface area (Å²) in [7, 11) is -3.48. The summed E-state index contributed by atoms with van der Waals surface area (Å²) < 4.78 is 70.0. The van der Waals surface area contributed by atoms with Crippen LogP contribution in [0.1, 0.15) is 18.9 Å². The van der Waals surface area contributed by atoms with E-state index in [1.165, 1.54) is 6.07 Å². The number of hydrogen-bond donors (Lipinski definition) is 2. The molecule has 2 aromatic carbocycles. The van der Waals surface area contributed by atoms with Crippen LogP contribution < -0.4 is 9.62 Å². The highest BCUT2D eigenvalue weighted by molar-refractivity contribution is 7.89. The summed E-state index contributed by atoms with van der Waals surface area (Å²) in [5, 5.41) is 0. The molecule has 0 aliphatic carbocycles. The van der Waals surface area contributed by atoms with Gasteiger partial charge in [-0.3, -0.25) is 0 Å². The molecular formula is C22H23F3N4O2S. The van der Waals surface area contributed by atoms with E-state index in [0.29, 0.717) is 24.5 Å². The number of nitrogens with one attached hydrogen (secondary N) is 2. The van der Waals surface area contributed by atoms with Gasteiger partial charge < -0.3 is 9.88 Å². The van der Waals surface area contributed by atoms with Crippen molar-refractivity contribution in [3.63, 3.8) is 0 Å². The van der Waals surface area contributed by atoms with E-state index in [9.17, 15) is 17.2 Å². The highest BCUT2D eigenvalue weighted by Gasteiger charge is 2.38. The Bertz CT molecular complexity index is 1180. The van der Waals surface area contributed by atoms with E-state index in [4.69, 9.17) is 0 Å². The van der Waals surface area contributed by atoms with Gasteiger partial charge >= 0.3 is 0 Å². The van der Waals surface area contributed by atoms with Crippen molar-refractivity contribution in [3.8, 4) is 11.1 Å². The molecule has 6 nitrogen and oxygen atoms in total. The second kappa shape index (κ2) is 8.95. The van der Waals surface area contributed by atoms with Crippen LogP contribution in [0.4, 0.5) is 19.1 Å². The molecule has 1 aromatic heterocycles. The molecule has 2 N–H and O–H groups in total. The van der Waals surface area contributed by atoms with Gasteiger partial charge in [0.15, 0.2) is 0 Å². The fourth-order valence-electron chi connectivity index (χ4n) is 4.13. The SMILES string of the molecule is CCS(=O)(=O)N[C@H]1CCN(c2ncc[nH]2)[C@H]1Cc1cccc(-c2cc(F)cc(F)c2)c1F. The average Bonchev–Trinajstić information content (AvgIpc) is 3.39. The number of sulfonamides is 1. The van der Waals surface area contributed by atoms with Crippen LogP contribution >= 0.6 is 0 Å². The quantitative estimate of drug-likeness (QED) is 0.560. The third-order valence-corrected chi connectivity index (χ3v) is 7.12. The molecule has 0 unspecified atom stereocenters. The Labute approximate surface area is 184 Å². The van der Waals surface area contributed by atoms with Crippen molar-refractivity contribution < 1.29 is 21.6 Å². The predicted molar refractivity (Wildman–Crippen MR) is 116 cm³/mol. The van der Waals surface area contributed by atoms with E-state index in [1.54, 1.807) is 31.5 Å². The zero-order chi connectivity index (χ0) is 22.9. The van der Waals surface area contributed by atoms with Gasteiger partial charge in [0, 0.05) is 36.6 Å². The molecule has 170 valence electrons. The van der Waals surface area contributed by atoms with Crippen LogP contribution in [0.2, 0.25) is 0 Å². The van der Waals surface area contributed by atoms with Crippen molar-refractivity contribution >= 4 is 16.0 Å². The number of halogens is 3. The number of H-pyrrole nitrogens is 1. The zero-order valence-electron chi connectivity index (χ0n) is 17.4. The fraction of sp³-hybridized carbons (Fsp3) is 0.318. The van der Waals surface area contributed by atoms with E-state index in [2.05, 4.69) is 14.7 Å². The maximum absolute atomic E-state index is 15.5. The second-order valence-corrected chi connectivity index (χ2v) is 9.77. The molecule has 1 fully saturated rings. The van der Waals surface area contributed by atoms with E-state index in [0.717, 1.165) is 18.2 Å². The number of nitrogens with zero attached hydrogens (tertiary/aromatic N) is 2. The minimum absolute atomic E-state index is 0.0635. The highest BCUT2D eigenvalue weighted by Crippen LogP contribution is 2.31. The minimum Gasteiger partial charge on any atom is -0.337 e. The van der Waals surface area contributed by atoms with Crippen molar-refractivity contribution in [3.05, 3.63) is 71.8 Å². The Hall–Kier alpha value is -2.85. The molecule has 0 saturated carbocycles. The highest BCUT2D eigenvalue weighted by atomic mass is 32.2. The summed E-state index contributed by atoms with van der Waals surface area (Å²) >= 11 is 0. The smallest absolute Gasteiger partial charge is 0.211 e. The summed E-state index contributed by atoms with van der Waals surface area (Å²) in [6.07, 6.45) is 3.96. The van der Waals surface area contributed by atoms with E-state index >= 15 is 4.39 Å². The number of benzene rings is 2. The number of aromatic nitrogens is 2. The third-order valence-electron chi connectivity index (χ3n) is 5.69. The van der Waals surface area contributed by atoms with Gasteiger partial charge in [0.1, 0.15) is 17.5 Å². The summed E-state index contributed by atoms with van der Waals surface area (Å²) in [4.78, 5) is 9.19. The van der Waals surface area contributed by atoms with Crippen LogP contribution in [0.5, 0.6) is 0 Å². The molecule has 0 bridgehead atoms. The Morgan fingerprint density at radius 2 is 1.94 bits per heavy atom. The van der Waals surface area contributed by atoms with Crippen LogP contribution in [0, 0.1) is 17.5 Å². The van der Waals surface area contributed by atoms with Crippen molar-refractivity contribution in [1.29, 1.82) is 0 Å². The first kappa shape index (κ1) is 22.3. The van der Waals surface area contributed by atoms with E-state index in [-0.39, 0.29) is 23.3 Å². The lowest BCUT2D eigenvalue weighted by atomic mass is 9.96. The van der Waals surface area contributed by atoms with Crippen molar-refractivity contribution in [2.75, 3.05) is 17.2 Å². The van der Waals surface area contributed by atoms with Gasteiger partial charge in [-0.2, -0.15) is 0 Å². The Morgan fingerprint density at radius 1 is 1.19 bits per heavy atom. The lowest BCUT2D eigenvalue weighted by Crippen LogP contribution is -2.47. The summed E-state index contributed by atoms with van der Waals surface area (Å²) in [6, 6.07) is 6.71. The molecule has 1 aliphatic heterocycles. The molecular weight excluding hydrogens is 441 g/mol. The summed E-state index contributed by atoms with van der Waals surface area (Å²) in [5.74, 6) is -1.68. The lowest BCUT2D eigenvalue weighted by molar-refractivity contribution is 0.502. The maximum atomic E-state index is 15.5. The van der Waals surface area contributed by atoms with Crippen LogP contribution in [0.25, 0.3) is 11.1 Å². The third kappa shape index (κ3) is 4.66. The first-order chi connectivity index (χ1) is 15.3. The zero-order valence-corrected chi connectivity index (χ0v) is 18.2. The molecule has 1 saturated heterocycles. The first-order valence-corrected chi connectivity index (χ1v) is 11.9. The van der Waals surface area contributed by atoms with Gasteiger partial charge in [0.2, 0.25) is 16.0 Å². The Morgan fingerprint density at radius 3 is 2.59 bits per heavy atom. The second-order valence-electron chi connectivity index (χ2n) is 7.73. The van der Waals surface area contributed by atoms with Gasteiger partial charge in [-0.1, -0.05) is 18.2 Å². The summed E-state index contributed by atoms with van der Waals surface area (Å²) in [6.45, 7) is 2.09. The Balaban J connectivity index is 1.69. The normalized spacial score (nSPS) is 18.9. The van der Waals surface area contributed by atoms with E-state index < -0.39 is 39.6 Å². The number of imidazole rings is 1. The van der Waals surface area contributed by atoms with Gasteiger partial charge in [-0.25, -0.2) is 31.3 Å². The van der Waals surface area contributed by atoms with Gasteiger partial charge in [-0.15, -0.1) is 0 Å². The molecule has 1 aliphatic rings. The molecule has 10 heteroatoms. The standard InChI is InChI=1S/C22H23F3N4O2S/c1-2-32(30,31)28-19-6-9-29(22-26-7-8-27-22)20(19)12-14-4-3-5-18(21(14)25)15-10-16(23)13-17(24)11-15/h3-5,7-8,10-11,13,19-20,28H,2,6,9,12H2,1H3,(H,26,27)/t19-,20-/m0/s1. The number of rotatable bonds is 7. The Kier molecular flexibility index (Phi) is 6.25. The monoisotopic (exact) mass is 464 g/mol. The average molecular weight is 465 g/mol. The molecule has 4 rings (SSSR count). The van der Waals surface area contributed by atoms with Crippen LogP contribution in [-0.2, 0) is 16.4 Å². The van der Waals surface area contributed by atoms with Gasteiger partial charge in [-0.05, 0) is 43.0 Å². The fourth-order valence-corrected chi connectivity index (χ4v) is 5.03. The number of anilines is 1. The summed E-state index contributed by atoms with van der Waals surface area (Å²) in [5.41, 5.74) is 0.491. The van der Waals surface area contributed by atoms with Crippen molar-refractivity contribution in [1.82, 2.24) is 14.7 Å². The van der Waals surface area contributed by atoms with Gasteiger partial charge in [0.05, 0.1) is 11.8 Å².